The van der Waals surface area contributed by atoms with Crippen molar-refractivity contribution in [2.45, 2.75) is 26.2 Å². The van der Waals surface area contributed by atoms with Crippen LogP contribution in [0.1, 0.15) is 39.5 Å². The number of benzene rings is 2. The van der Waals surface area contributed by atoms with Crippen LogP contribution in [-0.4, -0.2) is 21.5 Å². The molecule has 136 valence electrons. The molecule has 0 unspecified atom stereocenters. The molecule has 4 rings (SSSR count). The van der Waals surface area contributed by atoms with Crippen LogP contribution < -0.4 is 5.32 Å². The highest BCUT2D eigenvalue weighted by Gasteiger charge is 2.36. The molecule has 1 aliphatic heterocycles. The highest BCUT2D eigenvalue weighted by Crippen LogP contribution is 2.38. The Kier molecular flexibility index (Phi) is 4.32. The summed E-state index contributed by atoms with van der Waals surface area (Å²) in [7, 11) is 0. The summed E-state index contributed by atoms with van der Waals surface area (Å²) < 4.78 is 1.65. The summed E-state index contributed by atoms with van der Waals surface area (Å²) in [5, 5.41) is 8.09. The van der Waals surface area contributed by atoms with Gasteiger partial charge in [0.05, 0.1) is 17.3 Å². The number of hydrogen-bond donors (Lipinski definition) is 1. The second-order valence-corrected chi connectivity index (χ2v) is 7.14. The molecule has 3 aromatic rings. The molecule has 0 saturated heterocycles. The van der Waals surface area contributed by atoms with Gasteiger partial charge in [-0.2, -0.15) is 5.10 Å². The molecule has 0 aliphatic carbocycles. The maximum atomic E-state index is 13.1. The van der Waals surface area contributed by atoms with Crippen molar-refractivity contribution in [2.75, 3.05) is 5.32 Å². The third kappa shape index (κ3) is 3.04. The number of carbonyl (C=O) groups is 2. The van der Waals surface area contributed by atoms with Crippen LogP contribution in [0, 0.1) is 13.8 Å². The number of anilines is 1. The Bertz CT molecular complexity index is 1060. The van der Waals surface area contributed by atoms with E-state index < -0.39 is 5.92 Å². The molecule has 0 radical (unpaired) electrons. The van der Waals surface area contributed by atoms with E-state index in [1.165, 1.54) is 0 Å². The van der Waals surface area contributed by atoms with Gasteiger partial charge in [-0.3, -0.25) is 9.59 Å². The van der Waals surface area contributed by atoms with Gasteiger partial charge in [-0.15, -0.1) is 0 Å². The van der Waals surface area contributed by atoms with E-state index in [1.54, 1.807) is 22.9 Å². The molecule has 1 aliphatic rings. The number of nitrogens with zero attached hydrogens (tertiary/aromatic N) is 2. The van der Waals surface area contributed by atoms with Crippen LogP contribution in [-0.2, 0) is 4.79 Å². The van der Waals surface area contributed by atoms with Crippen molar-refractivity contribution in [1.29, 1.82) is 0 Å². The number of rotatable bonds is 3. The van der Waals surface area contributed by atoms with Crippen molar-refractivity contribution in [3.63, 3.8) is 0 Å². The highest BCUT2D eigenvalue weighted by atomic mass is 35.5. The lowest BCUT2D eigenvalue weighted by molar-refractivity contribution is -0.116. The van der Waals surface area contributed by atoms with Crippen molar-refractivity contribution in [2.24, 2.45) is 0 Å². The molecular weight excluding hydrogens is 362 g/mol. The number of hydrogen-bond acceptors (Lipinski definition) is 3. The molecule has 1 atom stereocenters. The first-order chi connectivity index (χ1) is 13.0. The molecule has 1 N–H and O–H groups in total. The Morgan fingerprint density at radius 1 is 1.19 bits per heavy atom. The molecule has 0 fully saturated rings. The lowest BCUT2D eigenvalue weighted by atomic mass is 9.85. The molecule has 27 heavy (non-hydrogen) atoms. The zero-order valence-corrected chi connectivity index (χ0v) is 15.7. The molecule has 6 heteroatoms. The second-order valence-electron chi connectivity index (χ2n) is 6.73. The first-order valence-electron chi connectivity index (χ1n) is 8.71. The molecule has 0 saturated carbocycles. The topological polar surface area (TPSA) is 64.0 Å². The average molecular weight is 380 g/mol. The number of ketones is 1. The van der Waals surface area contributed by atoms with Crippen molar-refractivity contribution >= 4 is 29.1 Å². The van der Waals surface area contributed by atoms with Gasteiger partial charge in [-0.05, 0) is 31.5 Å². The monoisotopic (exact) mass is 379 g/mol. The third-order valence-electron chi connectivity index (χ3n) is 4.88. The maximum absolute atomic E-state index is 13.1. The van der Waals surface area contributed by atoms with Crippen molar-refractivity contribution in [1.82, 2.24) is 9.78 Å². The van der Waals surface area contributed by atoms with Gasteiger partial charge in [0.25, 0.3) is 0 Å². The molecular formula is C21H18ClN3O2. The minimum Gasteiger partial charge on any atom is -0.310 e. The van der Waals surface area contributed by atoms with Crippen LogP contribution in [0.5, 0.6) is 0 Å². The quantitative estimate of drug-likeness (QED) is 0.684. The molecule has 2 heterocycles. The van der Waals surface area contributed by atoms with Crippen LogP contribution in [0.3, 0.4) is 0 Å². The number of aromatic nitrogens is 2. The summed E-state index contributed by atoms with van der Waals surface area (Å²) in [6.45, 7) is 3.78. The summed E-state index contributed by atoms with van der Waals surface area (Å²) in [6, 6.07) is 14.6. The van der Waals surface area contributed by atoms with Gasteiger partial charge in [0, 0.05) is 22.6 Å². The normalized spacial score (nSPS) is 16.0. The fraction of sp³-hybridized carbons (Fsp3) is 0.190. The predicted molar refractivity (Wildman–Crippen MR) is 105 cm³/mol. The van der Waals surface area contributed by atoms with Gasteiger partial charge in [0.15, 0.2) is 5.78 Å². The molecule has 0 spiro atoms. The van der Waals surface area contributed by atoms with Gasteiger partial charge in [-0.25, -0.2) is 4.68 Å². The number of amides is 1. The maximum Gasteiger partial charge on any atom is 0.226 e. The van der Waals surface area contributed by atoms with E-state index in [1.807, 2.05) is 44.2 Å². The molecule has 1 amide bonds. The Morgan fingerprint density at radius 3 is 2.63 bits per heavy atom. The SMILES string of the molecule is Cc1ccc(-n2nc(C)c3c2NC(=O)C[C@H]3C(=O)c2ccccc2)cc1Cl. The van der Waals surface area contributed by atoms with E-state index in [9.17, 15) is 9.59 Å². The Hall–Kier alpha value is -2.92. The number of aryl methyl sites for hydroxylation is 2. The largest absolute Gasteiger partial charge is 0.310 e. The summed E-state index contributed by atoms with van der Waals surface area (Å²) >= 11 is 6.26. The number of halogens is 1. The average Bonchev–Trinajstić information content (AvgIpc) is 3.00. The van der Waals surface area contributed by atoms with Crippen molar-refractivity contribution in [3.05, 3.63) is 75.9 Å². The van der Waals surface area contributed by atoms with E-state index in [0.717, 1.165) is 22.5 Å². The fourth-order valence-electron chi connectivity index (χ4n) is 3.48. The predicted octanol–water partition coefficient (Wildman–Crippen LogP) is 4.45. The first-order valence-corrected chi connectivity index (χ1v) is 9.08. The van der Waals surface area contributed by atoms with Gasteiger partial charge in [-0.1, -0.05) is 48.0 Å². The van der Waals surface area contributed by atoms with E-state index in [4.69, 9.17) is 11.6 Å². The number of nitrogens with one attached hydrogen (secondary N) is 1. The Balaban J connectivity index is 1.83. The second kappa shape index (κ2) is 6.67. The van der Waals surface area contributed by atoms with Gasteiger partial charge in [0.1, 0.15) is 5.82 Å². The highest BCUT2D eigenvalue weighted by molar-refractivity contribution is 6.31. The Morgan fingerprint density at radius 2 is 1.93 bits per heavy atom. The molecule has 1 aromatic heterocycles. The summed E-state index contributed by atoms with van der Waals surface area (Å²) in [5.74, 6) is -0.281. The third-order valence-corrected chi connectivity index (χ3v) is 5.28. The first kappa shape index (κ1) is 17.5. The summed E-state index contributed by atoms with van der Waals surface area (Å²) in [4.78, 5) is 25.4. The van der Waals surface area contributed by atoms with Crippen LogP contribution >= 0.6 is 11.6 Å². The van der Waals surface area contributed by atoms with Crippen LogP contribution in [0.2, 0.25) is 5.02 Å². The zero-order chi connectivity index (χ0) is 19.1. The van der Waals surface area contributed by atoms with E-state index >= 15 is 0 Å². The summed E-state index contributed by atoms with van der Waals surface area (Å²) in [6.07, 6.45) is 0.113. The molecule has 0 bridgehead atoms. The molecule has 5 nitrogen and oxygen atoms in total. The van der Waals surface area contributed by atoms with E-state index in [0.29, 0.717) is 16.4 Å². The number of Topliss-reactive ketones (excluding diaryl/α,β-unsaturated/α-hetero) is 1. The van der Waals surface area contributed by atoms with E-state index in [-0.39, 0.29) is 18.1 Å². The van der Waals surface area contributed by atoms with Crippen molar-refractivity contribution < 1.29 is 9.59 Å². The number of fused-ring (bicyclic) bond motifs is 1. The van der Waals surface area contributed by atoms with Crippen LogP contribution in [0.4, 0.5) is 5.82 Å². The zero-order valence-electron chi connectivity index (χ0n) is 15.0. The Labute approximate surface area is 162 Å². The van der Waals surface area contributed by atoms with Gasteiger partial charge in [0.2, 0.25) is 5.91 Å². The van der Waals surface area contributed by atoms with Gasteiger partial charge < -0.3 is 5.32 Å². The summed E-state index contributed by atoms with van der Waals surface area (Å²) in [5.41, 5.74) is 3.77. The van der Waals surface area contributed by atoms with Crippen LogP contribution in [0.25, 0.3) is 5.69 Å². The smallest absolute Gasteiger partial charge is 0.226 e. The molecule has 2 aromatic carbocycles. The minimum absolute atomic E-state index is 0.0729. The minimum atomic E-state index is -0.550. The standard InChI is InChI=1S/C21H18ClN3O2/c1-12-8-9-15(10-17(12)22)25-21-19(13(2)24-25)16(11-18(26)23-21)20(27)14-6-4-3-5-7-14/h3-10,16H,11H2,1-2H3,(H,23,26)/t16-/m1/s1. The van der Waals surface area contributed by atoms with E-state index in [2.05, 4.69) is 10.4 Å². The van der Waals surface area contributed by atoms with Crippen LogP contribution in [0.15, 0.2) is 48.5 Å². The van der Waals surface area contributed by atoms with Gasteiger partial charge >= 0.3 is 0 Å². The lowest BCUT2D eigenvalue weighted by Gasteiger charge is -2.23. The lowest BCUT2D eigenvalue weighted by Crippen LogP contribution is -2.28. The fourth-order valence-corrected chi connectivity index (χ4v) is 3.65. The van der Waals surface area contributed by atoms with Crippen molar-refractivity contribution in [3.8, 4) is 5.69 Å². The number of carbonyl (C=O) groups excluding carboxylic acids is 2.